The van der Waals surface area contributed by atoms with E-state index in [2.05, 4.69) is 15.3 Å². The summed E-state index contributed by atoms with van der Waals surface area (Å²) in [5.41, 5.74) is 6.56. The van der Waals surface area contributed by atoms with E-state index in [1.807, 2.05) is 18.4 Å². The zero-order valence-electron chi connectivity index (χ0n) is 8.70. The first-order valence-electron chi connectivity index (χ1n) is 4.71. The average Bonchev–Trinajstić information content (AvgIpc) is 2.66. The number of anilines is 2. The average molecular weight is 238 g/mol. The van der Waals surface area contributed by atoms with Gasteiger partial charge in [-0.3, -0.25) is 0 Å². The first-order valence-corrected chi connectivity index (χ1v) is 5.59. The van der Waals surface area contributed by atoms with Crippen molar-refractivity contribution in [1.82, 2.24) is 9.97 Å². The Morgan fingerprint density at radius 2 is 2.38 bits per heavy atom. The largest absolute Gasteiger partial charge is 0.368 e. The van der Waals surface area contributed by atoms with Crippen molar-refractivity contribution in [2.45, 2.75) is 13.5 Å². The maximum absolute atomic E-state index is 13.3. The predicted molar refractivity (Wildman–Crippen MR) is 62.8 cm³/mol. The highest BCUT2D eigenvalue weighted by atomic mass is 32.1. The van der Waals surface area contributed by atoms with Crippen LogP contribution in [0.1, 0.15) is 10.4 Å². The highest BCUT2D eigenvalue weighted by Gasteiger charge is 2.06. The Bertz CT molecular complexity index is 497. The topological polar surface area (TPSA) is 63.8 Å². The quantitative estimate of drug-likeness (QED) is 0.860. The number of nitrogens with two attached hydrogens (primary N) is 1. The molecule has 0 aliphatic rings. The van der Waals surface area contributed by atoms with Gasteiger partial charge in [-0.2, -0.15) is 4.98 Å². The van der Waals surface area contributed by atoms with Crippen molar-refractivity contribution >= 4 is 23.1 Å². The van der Waals surface area contributed by atoms with E-state index in [-0.39, 0.29) is 11.8 Å². The van der Waals surface area contributed by atoms with E-state index >= 15 is 0 Å². The molecule has 0 aliphatic heterocycles. The molecule has 0 aromatic carbocycles. The normalized spacial score (nSPS) is 10.4. The minimum Gasteiger partial charge on any atom is -0.368 e. The van der Waals surface area contributed by atoms with Crippen molar-refractivity contribution in [3.63, 3.8) is 0 Å². The van der Waals surface area contributed by atoms with Crippen molar-refractivity contribution in [3.8, 4) is 0 Å². The second-order valence-electron chi connectivity index (χ2n) is 3.31. The summed E-state index contributed by atoms with van der Waals surface area (Å²) < 4.78 is 13.3. The minimum atomic E-state index is -0.497. The molecule has 0 atom stereocenters. The van der Waals surface area contributed by atoms with E-state index in [4.69, 9.17) is 5.73 Å². The Morgan fingerprint density at radius 1 is 1.56 bits per heavy atom. The van der Waals surface area contributed by atoms with Gasteiger partial charge in [0.05, 0.1) is 12.7 Å². The SMILES string of the molecule is Cc1ccsc1CNc1nc(N)ncc1F. The predicted octanol–water partition coefficient (Wildman–Crippen LogP) is 2.18. The van der Waals surface area contributed by atoms with Crippen LogP contribution in [0, 0.1) is 12.7 Å². The van der Waals surface area contributed by atoms with E-state index in [1.165, 1.54) is 5.56 Å². The fourth-order valence-electron chi connectivity index (χ4n) is 1.25. The molecular weight excluding hydrogens is 227 g/mol. The van der Waals surface area contributed by atoms with Crippen molar-refractivity contribution in [3.05, 3.63) is 33.9 Å². The van der Waals surface area contributed by atoms with Crippen molar-refractivity contribution in [2.24, 2.45) is 0 Å². The van der Waals surface area contributed by atoms with Gasteiger partial charge in [0.25, 0.3) is 0 Å². The summed E-state index contributed by atoms with van der Waals surface area (Å²) in [6.07, 6.45) is 1.06. The first kappa shape index (κ1) is 10.8. The van der Waals surface area contributed by atoms with Gasteiger partial charge >= 0.3 is 0 Å². The zero-order valence-corrected chi connectivity index (χ0v) is 9.51. The van der Waals surface area contributed by atoms with E-state index < -0.39 is 5.82 Å². The first-order chi connectivity index (χ1) is 7.66. The second-order valence-corrected chi connectivity index (χ2v) is 4.31. The molecular formula is C10H11FN4S. The molecule has 0 aliphatic carbocycles. The Hall–Kier alpha value is -1.69. The number of nitrogens with zero attached hydrogens (tertiary/aromatic N) is 2. The van der Waals surface area contributed by atoms with Crippen molar-refractivity contribution in [2.75, 3.05) is 11.1 Å². The highest BCUT2D eigenvalue weighted by molar-refractivity contribution is 7.10. The van der Waals surface area contributed by atoms with Gasteiger partial charge in [0.15, 0.2) is 11.6 Å². The third-order valence-electron chi connectivity index (χ3n) is 2.15. The number of nitrogens with one attached hydrogen (secondary N) is 1. The number of rotatable bonds is 3. The van der Waals surface area contributed by atoms with Gasteiger partial charge in [0, 0.05) is 4.88 Å². The van der Waals surface area contributed by atoms with Crippen LogP contribution >= 0.6 is 11.3 Å². The summed E-state index contributed by atoms with van der Waals surface area (Å²) in [7, 11) is 0. The van der Waals surface area contributed by atoms with Crippen LogP contribution in [-0.4, -0.2) is 9.97 Å². The zero-order chi connectivity index (χ0) is 11.5. The lowest BCUT2D eigenvalue weighted by molar-refractivity contribution is 0.617. The molecule has 0 radical (unpaired) electrons. The highest BCUT2D eigenvalue weighted by Crippen LogP contribution is 2.18. The molecule has 0 spiro atoms. The summed E-state index contributed by atoms with van der Waals surface area (Å²) in [5, 5.41) is 4.90. The van der Waals surface area contributed by atoms with E-state index in [0.29, 0.717) is 6.54 Å². The van der Waals surface area contributed by atoms with Crippen molar-refractivity contribution < 1.29 is 4.39 Å². The Labute approximate surface area is 96.4 Å². The number of aryl methyl sites for hydroxylation is 1. The fourth-order valence-corrected chi connectivity index (χ4v) is 2.10. The molecule has 4 nitrogen and oxygen atoms in total. The van der Waals surface area contributed by atoms with Crippen LogP contribution in [0.25, 0.3) is 0 Å². The Morgan fingerprint density at radius 3 is 3.06 bits per heavy atom. The lowest BCUT2D eigenvalue weighted by Gasteiger charge is -2.06. The third-order valence-corrected chi connectivity index (χ3v) is 3.17. The van der Waals surface area contributed by atoms with Crippen LogP contribution in [-0.2, 0) is 6.54 Å². The number of hydrogen-bond acceptors (Lipinski definition) is 5. The van der Waals surface area contributed by atoms with Gasteiger partial charge in [-0.25, -0.2) is 9.37 Å². The lowest BCUT2D eigenvalue weighted by Crippen LogP contribution is -2.06. The molecule has 84 valence electrons. The summed E-state index contributed by atoms with van der Waals surface area (Å²) in [5.74, 6) is -0.296. The van der Waals surface area contributed by atoms with Crippen LogP contribution in [0.15, 0.2) is 17.6 Å². The Balaban J connectivity index is 2.10. The number of hydrogen-bond donors (Lipinski definition) is 2. The molecule has 6 heteroatoms. The standard InChI is InChI=1S/C10H11FN4S/c1-6-2-3-16-8(6)5-13-9-7(11)4-14-10(12)15-9/h2-4H,5H2,1H3,(H3,12,13,14,15). The van der Waals surface area contributed by atoms with Gasteiger partial charge in [-0.1, -0.05) is 0 Å². The van der Waals surface area contributed by atoms with Crippen molar-refractivity contribution in [1.29, 1.82) is 0 Å². The molecule has 2 aromatic heterocycles. The van der Waals surface area contributed by atoms with E-state index in [9.17, 15) is 4.39 Å². The van der Waals surface area contributed by atoms with Gasteiger partial charge in [0.1, 0.15) is 0 Å². The molecule has 0 unspecified atom stereocenters. The van der Waals surface area contributed by atoms with Gasteiger partial charge in [0.2, 0.25) is 5.95 Å². The van der Waals surface area contributed by atoms with Crippen LogP contribution in [0.2, 0.25) is 0 Å². The number of nitrogen functional groups attached to an aromatic ring is 1. The molecule has 0 saturated carbocycles. The maximum atomic E-state index is 13.3. The maximum Gasteiger partial charge on any atom is 0.222 e. The summed E-state index contributed by atoms with van der Waals surface area (Å²) in [6, 6.07) is 2.02. The van der Waals surface area contributed by atoms with Crippen LogP contribution in [0.5, 0.6) is 0 Å². The molecule has 2 heterocycles. The van der Waals surface area contributed by atoms with E-state index in [1.54, 1.807) is 11.3 Å². The molecule has 0 bridgehead atoms. The van der Waals surface area contributed by atoms with Gasteiger partial charge in [-0.05, 0) is 23.9 Å². The molecule has 2 rings (SSSR count). The third kappa shape index (κ3) is 2.27. The summed E-state index contributed by atoms with van der Waals surface area (Å²) in [6.45, 7) is 2.55. The molecule has 0 amide bonds. The van der Waals surface area contributed by atoms with Crippen LogP contribution in [0.3, 0.4) is 0 Å². The van der Waals surface area contributed by atoms with Gasteiger partial charge < -0.3 is 11.1 Å². The van der Waals surface area contributed by atoms with Gasteiger partial charge in [-0.15, -0.1) is 11.3 Å². The number of aromatic nitrogens is 2. The molecule has 0 fully saturated rings. The lowest BCUT2D eigenvalue weighted by atomic mass is 10.3. The number of thiophene rings is 1. The summed E-state index contributed by atoms with van der Waals surface area (Å²) >= 11 is 1.62. The second kappa shape index (κ2) is 4.44. The molecule has 0 saturated heterocycles. The van der Waals surface area contributed by atoms with Crippen LogP contribution in [0.4, 0.5) is 16.2 Å². The fraction of sp³-hybridized carbons (Fsp3) is 0.200. The monoisotopic (exact) mass is 238 g/mol. The van der Waals surface area contributed by atoms with E-state index in [0.717, 1.165) is 11.1 Å². The van der Waals surface area contributed by atoms with Crippen LogP contribution < -0.4 is 11.1 Å². The molecule has 2 aromatic rings. The molecule has 3 N–H and O–H groups in total. The Kier molecular flexibility index (Phi) is 3.00. The number of halogens is 1. The summed E-state index contributed by atoms with van der Waals surface area (Å²) in [4.78, 5) is 8.49. The smallest absolute Gasteiger partial charge is 0.222 e. The minimum absolute atomic E-state index is 0.0619. The molecule has 16 heavy (non-hydrogen) atoms.